The summed E-state index contributed by atoms with van der Waals surface area (Å²) < 4.78 is 37.1. The molecule has 0 saturated carbocycles. The van der Waals surface area contributed by atoms with Crippen molar-refractivity contribution >= 4 is 15.9 Å². The molecule has 0 aromatic heterocycles. The van der Waals surface area contributed by atoms with Crippen LogP contribution in [0.3, 0.4) is 0 Å². The summed E-state index contributed by atoms with van der Waals surface area (Å²) in [5, 5.41) is 0. The van der Waals surface area contributed by atoms with Gasteiger partial charge >= 0.3 is 0 Å². The molecule has 140 valence electrons. The second-order valence-electron chi connectivity index (χ2n) is 5.79. The molecule has 1 aromatic carbocycles. The van der Waals surface area contributed by atoms with Gasteiger partial charge in [0.25, 0.3) is 0 Å². The highest BCUT2D eigenvalue weighted by Gasteiger charge is 2.29. The molecule has 2 rings (SSSR count). The van der Waals surface area contributed by atoms with E-state index < -0.39 is 10.0 Å². The first-order chi connectivity index (χ1) is 12.0. The third-order valence-corrected chi connectivity index (χ3v) is 6.02. The molecule has 1 fully saturated rings. The Morgan fingerprint density at radius 3 is 2.32 bits per heavy atom. The van der Waals surface area contributed by atoms with Crippen molar-refractivity contribution < 1.29 is 22.7 Å². The number of rotatable bonds is 8. The molecule has 25 heavy (non-hydrogen) atoms. The summed E-state index contributed by atoms with van der Waals surface area (Å²) in [6, 6.07) is 6.43. The Morgan fingerprint density at radius 2 is 1.76 bits per heavy atom. The molecule has 8 heteroatoms. The van der Waals surface area contributed by atoms with E-state index in [-0.39, 0.29) is 10.8 Å². The maximum atomic E-state index is 12.7. The minimum Gasteiger partial charge on any atom is -0.494 e. The maximum absolute atomic E-state index is 12.7. The summed E-state index contributed by atoms with van der Waals surface area (Å²) in [4.78, 5) is 14.1. The van der Waals surface area contributed by atoms with Gasteiger partial charge in [0.05, 0.1) is 11.5 Å². The summed E-state index contributed by atoms with van der Waals surface area (Å²) in [6.07, 6.45) is 1.11. The van der Waals surface area contributed by atoms with Gasteiger partial charge in [-0.3, -0.25) is 4.79 Å². The Kier molecular flexibility index (Phi) is 7.22. The normalized spacial score (nSPS) is 16.0. The zero-order valence-corrected chi connectivity index (χ0v) is 15.6. The molecule has 1 aliphatic heterocycles. The highest BCUT2D eigenvalue weighted by atomic mass is 32.2. The highest BCUT2D eigenvalue weighted by molar-refractivity contribution is 7.89. The van der Waals surface area contributed by atoms with Crippen molar-refractivity contribution in [2.45, 2.75) is 24.7 Å². The molecule has 1 heterocycles. The minimum atomic E-state index is -3.54. The second-order valence-corrected chi connectivity index (χ2v) is 7.72. The van der Waals surface area contributed by atoms with Crippen LogP contribution >= 0.6 is 0 Å². The van der Waals surface area contributed by atoms with Gasteiger partial charge < -0.3 is 14.4 Å². The van der Waals surface area contributed by atoms with E-state index in [0.717, 1.165) is 0 Å². The first-order valence-electron chi connectivity index (χ1n) is 8.48. The predicted octanol–water partition coefficient (Wildman–Crippen LogP) is 1.34. The van der Waals surface area contributed by atoms with E-state index in [4.69, 9.17) is 9.47 Å². The molecule has 1 aliphatic rings. The Bertz CT molecular complexity index is 652. The number of amides is 1. The molecular formula is C17H26N2O5S. The highest BCUT2D eigenvalue weighted by Crippen LogP contribution is 2.21. The van der Waals surface area contributed by atoms with Gasteiger partial charge in [0.1, 0.15) is 5.75 Å². The average molecular weight is 370 g/mol. The van der Waals surface area contributed by atoms with E-state index in [1.54, 1.807) is 36.3 Å². The lowest BCUT2D eigenvalue weighted by molar-refractivity contribution is -0.132. The Hall–Kier alpha value is -1.64. The van der Waals surface area contributed by atoms with Crippen molar-refractivity contribution in [2.24, 2.45) is 0 Å². The van der Waals surface area contributed by atoms with Crippen molar-refractivity contribution in [3.8, 4) is 5.75 Å². The molecule has 1 amide bonds. The van der Waals surface area contributed by atoms with Gasteiger partial charge in [-0.1, -0.05) is 0 Å². The van der Waals surface area contributed by atoms with E-state index >= 15 is 0 Å². The molecule has 0 atom stereocenters. The fraction of sp³-hybridized carbons (Fsp3) is 0.588. The van der Waals surface area contributed by atoms with E-state index in [9.17, 15) is 13.2 Å². The predicted molar refractivity (Wildman–Crippen MR) is 94.1 cm³/mol. The lowest BCUT2D eigenvalue weighted by Gasteiger charge is -2.34. The number of benzene rings is 1. The summed E-state index contributed by atoms with van der Waals surface area (Å²) in [5.41, 5.74) is 0. The van der Waals surface area contributed by atoms with Crippen LogP contribution in [0.25, 0.3) is 0 Å². The number of methoxy groups -OCH3 is 1. The van der Waals surface area contributed by atoms with Gasteiger partial charge in [0.2, 0.25) is 15.9 Å². The van der Waals surface area contributed by atoms with Gasteiger partial charge in [-0.25, -0.2) is 8.42 Å². The molecule has 0 unspecified atom stereocenters. The number of hydrogen-bond acceptors (Lipinski definition) is 5. The first kappa shape index (κ1) is 19.7. The molecule has 0 aliphatic carbocycles. The zero-order chi connectivity index (χ0) is 18.3. The molecule has 7 nitrogen and oxygen atoms in total. The molecule has 1 aromatic rings. The third-order valence-electron chi connectivity index (χ3n) is 4.10. The number of carbonyl (C=O) groups is 1. The molecule has 0 spiro atoms. The number of hydrogen-bond donors (Lipinski definition) is 0. The summed E-state index contributed by atoms with van der Waals surface area (Å²) >= 11 is 0. The molecule has 1 saturated heterocycles. The molecule has 0 bridgehead atoms. The van der Waals surface area contributed by atoms with Crippen LogP contribution in [0.5, 0.6) is 5.75 Å². The smallest absolute Gasteiger partial charge is 0.243 e. The van der Waals surface area contributed by atoms with E-state index in [1.165, 1.54) is 4.31 Å². The molecule has 0 N–H and O–H groups in total. The lowest BCUT2D eigenvalue weighted by atomic mass is 10.2. The van der Waals surface area contributed by atoms with Crippen LogP contribution in [0.2, 0.25) is 0 Å². The van der Waals surface area contributed by atoms with Crippen LogP contribution in [0.15, 0.2) is 29.2 Å². The second kappa shape index (κ2) is 9.17. The quantitative estimate of drug-likeness (QED) is 0.646. The van der Waals surface area contributed by atoms with Gasteiger partial charge in [-0.2, -0.15) is 4.31 Å². The van der Waals surface area contributed by atoms with Gasteiger partial charge in [0.15, 0.2) is 0 Å². The van der Waals surface area contributed by atoms with Crippen molar-refractivity contribution in [2.75, 3.05) is 46.5 Å². The largest absolute Gasteiger partial charge is 0.494 e. The number of ether oxygens (including phenoxy) is 2. The SMILES string of the molecule is CCOc1ccc(S(=O)(=O)N2CCN(C(=O)CCCOC)CC2)cc1. The van der Waals surface area contributed by atoms with Crippen molar-refractivity contribution in [1.82, 2.24) is 9.21 Å². The monoisotopic (exact) mass is 370 g/mol. The number of carbonyl (C=O) groups excluding carboxylic acids is 1. The molecular weight excluding hydrogens is 344 g/mol. The van der Waals surface area contributed by atoms with Crippen LogP contribution in [0.1, 0.15) is 19.8 Å². The summed E-state index contributed by atoms with van der Waals surface area (Å²) in [6.45, 7) is 4.42. The standard InChI is InChI=1S/C17H26N2O5S/c1-3-24-15-6-8-16(9-7-15)25(21,22)19-12-10-18(11-13-19)17(20)5-4-14-23-2/h6-9H,3-5,10-14H2,1-2H3. The maximum Gasteiger partial charge on any atom is 0.243 e. The number of nitrogens with zero attached hydrogens (tertiary/aromatic N) is 2. The topological polar surface area (TPSA) is 76.2 Å². The number of sulfonamides is 1. The van der Waals surface area contributed by atoms with Crippen molar-refractivity contribution in [1.29, 1.82) is 0 Å². The third kappa shape index (κ3) is 5.17. The Morgan fingerprint density at radius 1 is 1.12 bits per heavy atom. The van der Waals surface area contributed by atoms with Crippen LogP contribution < -0.4 is 4.74 Å². The van der Waals surface area contributed by atoms with Crippen LogP contribution in [0, 0.1) is 0 Å². The minimum absolute atomic E-state index is 0.0511. The first-order valence-corrected chi connectivity index (χ1v) is 9.92. The zero-order valence-electron chi connectivity index (χ0n) is 14.8. The summed E-state index contributed by atoms with van der Waals surface area (Å²) in [7, 11) is -1.94. The van der Waals surface area contributed by atoms with E-state index in [1.807, 2.05) is 6.92 Å². The van der Waals surface area contributed by atoms with Gasteiger partial charge in [0, 0.05) is 46.3 Å². The number of piperazine rings is 1. The van der Waals surface area contributed by atoms with Crippen LogP contribution in [0.4, 0.5) is 0 Å². The summed E-state index contributed by atoms with van der Waals surface area (Å²) in [5.74, 6) is 0.697. The van der Waals surface area contributed by atoms with Crippen molar-refractivity contribution in [3.63, 3.8) is 0 Å². The Balaban J connectivity index is 1.93. The van der Waals surface area contributed by atoms with Crippen LogP contribution in [-0.4, -0.2) is 70.0 Å². The van der Waals surface area contributed by atoms with Gasteiger partial charge in [-0.15, -0.1) is 0 Å². The average Bonchev–Trinajstić information content (AvgIpc) is 2.63. The Labute approximate surface area is 149 Å². The van der Waals surface area contributed by atoms with Crippen molar-refractivity contribution in [3.05, 3.63) is 24.3 Å². The van der Waals surface area contributed by atoms with Gasteiger partial charge in [-0.05, 0) is 37.6 Å². The van der Waals surface area contributed by atoms with Crippen LogP contribution in [-0.2, 0) is 19.6 Å². The van der Waals surface area contributed by atoms with E-state index in [0.29, 0.717) is 58.0 Å². The molecule has 0 radical (unpaired) electrons. The fourth-order valence-corrected chi connectivity index (χ4v) is 4.15. The van der Waals surface area contributed by atoms with E-state index in [2.05, 4.69) is 0 Å². The lowest BCUT2D eigenvalue weighted by Crippen LogP contribution is -2.50. The fourth-order valence-electron chi connectivity index (χ4n) is 2.73.